The summed E-state index contributed by atoms with van der Waals surface area (Å²) < 4.78 is 49.4. The van der Waals surface area contributed by atoms with Gasteiger partial charge in [0, 0.05) is 12.0 Å². The van der Waals surface area contributed by atoms with Crippen LogP contribution in [0.15, 0.2) is 29.2 Å². The molecule has 1 aromatic rings. The molecule has 8 heteroatoms. The molecule has 0 heterocycles. The number of methoxy groups -OCH3 is 1. The van der Waals surface area contributed by atoms with Crippen molar-refractivity contribution in [3.63, 3.8) is 0 Å². The number of ether oxygens (including phenoxy) is 1. The van der Waals surface area contributed by atoms with Crippen LogP contribution in [0.5, 0.6) is 0 Å². The van der Waals surface area contributed by atoms with Gasteiger partial charge in [-0.25, -0.2) is 8.42 Å². The first-order valence-electron chi connectivity index (χ1n) is 4.82. The Bertz CT molecular complexity index is 501. The summed E-state index contributed by atoms with van der Waals surface area (Å²) in [5, 5.41) is 0. The Morgan fingerprint density at radius 1 is 1.39 bits per heavy atom. The first kappa shape index (κ1) is 18.2. The second kappa shape index (κ2) is 8.42. The fourth-order valence-corrected chi connectivity index (χ4v) is 2.96. The molecule has 0 aliphatic rings. The SMILES string of the molecule is COCCS(=O)(=O)Cc1cccc(S(=O)[O-])c1.[Na+]. The monoisotopic (exact) mass is 300 g/mol. The van der Waals surface area contributed by atoms with Crippen molar-refractivity contribution in [2.75, 3.05) is 19.5 Å². The molecule has 0 aromatic heterocycles. The van der Waals surface area contributed by atoms with Crippen molar-refractivity contribution in [1.82, 2.24) is 0 Å². The van der Waals surface area contributed by atoms with Crippen LogP contribution in [0.25, 0.3) is 0 Å². The molecule has 0 aliphatic carbocycles. The Balaban J connectivity index is 0.00000289. The molecule has 96 valence electrons. The zero-order chi connectivity index (χ0) is 12.9. The summed E-state index contributed by atoms with van der Waals surface area (Å²) in [6.07, 6.45) is 0. The van der Waals surface area contributed by atoms with Crippen LogP contribution in [0.2, 0.25) is 0 Å². The molecule has 0 fully saturated rings. The predicted octanol–water partition coefficient (Wildman–Crippen LogP) is -2.51. The summed E-state index contributed by atoms with van der Waals surface area (Å²) in [4.78, 5) is 0.0874. The van der Waals surface area contributed by atoms with E-state index < -0.39 is 20.9 Å². The second-order valence-electron chi connectivity index (χ2n) is 3.47. The minimum atomic E-state index is -3.27. The number of benzene rings is 1. The van der Waals surface area contributed by atoms with E-state index in [1.807, 2.05) is 0 Å². The molecule has 0 spiro atoms. The Morgan fingerprint density at radius 2 is 2.06 bits per heavy atom. The molecular formula is C10H13NaO5S2. The van der Waals surface area contributed by atoms with Crippen LogP contribution in [0.1, 0.15) is 5.56 Å². The van der Waals surface area contributed by atoms with E-state index in [9.17, 15) is 17.2 Å². The topological polar surface area (TPSA) is 83.5 Å². The maximum absolute atomic E-state index is 11.6. The number of sulfone groups is 1. The number of hydrogen-bond acceptors (Lipinski definition) is 5. The number of hydrogen-bond donors (Lipinski definition) is 0. The maximum Gasteiger partial charge on any atom is 1.00 e. The van der Waals surface area contributed by atoms with Crippen molar-refractivity contribution in [3.05, 3.63) is 29.8 Å². The van der Waals surface area contributed by atoms with Crippen molar-refractivity contribution < 1.29 is 51.5 Å². The largest absolute Gasteiger partial charge is 1.00 e. The van der Waals surface area contributed by atoms with Crippen molar-refractivity contribution in [2.24, 2.45) is 0 Å². The molecular weight excluding hydrogens is 287 g/mol. The van der Waals surface area contributed by atoms with Crippen LogP contribution >= 0.6 is 0 Å². The van der Waals surface area contributed by atoms with Gasteiger partial charge in [-0.05, 0) is 28.8 Å². The van der Waals surface area contributed by atoms with Crippen LogP contribution < -0.4 is 29.6 Å². The molecule has 1 rings (SSSR count). The van der Waals surface area contributed by atoms with E-state index >= 15 is 0 Å². The summed E-state index contributed by atoms with van der Waals surface area (Å²) in [7, 11) is -1.84. The molecule has 0 radical (unpaired) electrons. The van der Waals surface area contributed by atoms with Gasteiger partial charge in [0.2, 0.25) is 0 Å². The smallest absolute Gasteiger partial charge is 0.768 e. The average Bonchev–Trinajstić information content (AvgIpc) is 2.26. The molecule has 1 unspecified atom stereocenters. The van der Waals surface area contributed by atoms with Gasteiger partial charge < -0.3 is 9.29 Å². The summed E-state index contributed by atoms with van der Waals surface area (Å²) in [6, 6.07) is 5.87. The first-order chi connectivity index (χ1) is 7.94. The number of rotatable bonds is 6. The van der Waals surface area contributed by atoms with Gasteiger partial charge in [-0.1, -0.05) is 12.1 Å². The van der Waals surface area contributed by atoms with Crippen LogP contribution in [0, 0.1) is 0 Å². The van der Waals surface area contributed by atoms with Gasteiger partial charge in [0.05, 0.1) is 18.1 Å². The van der Waals surface area contributed by atoms with Gasteiger partial charge in [-0.3, -0.25) is 4.21 Å². The zero-order valence-electron chi connectivity index (χ0n) is 10.3. The van der Waals surface area contributed by atoms with Gasteiger partial charge >= 0.3 is 29.6 Å². The first-order valence-corrected chi connectivity index (χ1v) is 7.72. The quantitative estimate of drug-likeness (QED) is 0.428. The standard InChI is InChI=1S/C10H14O5S2.Na/c1-15-5-6-17(13,14)8-9-3-2-4-10(7-9)16(11)12;/h2-4,7H,5-6,8H2,1H3,(H,11,12);/q;+1/p-1. The Labute approximate surface area is 131 Å². The third-order valence-electron chi connectivity index (χ3n) is 2.08. The van der Waals surface area contributed by atoms with Gasteiger partial charge in [0.25, 0.3) is 0 Å². The van der Waals surface area contributed by atoms with Gasteiger partial charge in [0.1, 0.15) is 0 Å². The van der Waals surface area contributed by atoms with Gasteiger partial charge in [-0.15, -0.1) is 0 Å². The van der Waals surface area contributed by atoms with E-state index in [2.05, 4.69) is 0 Å². The van der Waals surface area contributed by atoms with Crippen LogP contribution in [0.3, 0.4) is 0 Å². The summed E-state index contributed by atoms with van der Waals surface area (Å²) in [5.74, 6) is -0.254. The molecule has 1 aromatic carbocycles. The maximum atomic E-state index is 11.6. The molecule has 0 N–H and O–H groups in total. The fraction of sp³-hybridized carbons (Fsp3) is 0.400. The third-order valence-corrected chi connectivity index (χ3v) is 4.28. The summed E-state index contributed by atoms with van der Waals surface area (Å²) in [6.45, 7) is 0.134. The second-order valence-corrected chi connectivity index (χ2v) is 6.59. The average molecular weight is 300 g/mol. The normalized spacial score (nSPS) is 12.8. The molecule has 18 heavy (non-hydrogen) atoms. The van der Waals surface area contributed by atoms with Crippen molar-refractivity contribution >= 4 is 20.9 Å². The summed E-state index contributed by atoms with van der Waals surface area (Å²) >= 11 is -2.34. The van der Waals surface area contributed by atoms with Gasteiger partial charge in [0.15, 0.2) is 9.84 Å². The Kier molecular flexibility index (Phi) is 8.53. The summed E-state index contributed by atoms with van der Waals surface area (Å²) in [5.41, 5.74) is 0.461. The Hall–Kier alpha value is 0.240. The third kappa shape index (κ3) is 6.42. The van der Waals surface area contributed by atoms with E-state index in [-0.39, 0.29) is 52.6 Å². The van der Waals surface area contributed by atoms with Crippen LogP contribution in [-0.4, -0.2) is 36.6 Å². The minimum Gasteiger partial charge on any atom is -0.768 e. The van der Waals surface area contributed by atoms with E-state index in [1.54, 1.807) is 6.07 Å². The van der Waals surface area contributed by atoms with Crippen LogP contribution in [-0.2, 0) is 31.4 Å². The molecule has 0 saturated carbocycles. The fourth-order valence-electron chi connectivity index (χ4n) is 1.28. The molecule has 0 bridgehead atoms. The van der Waals surface area contributed by atoms with E-state index in [1.165, 1.54) is 25.3 Å². The van der Waals surface area contributed by atoms with E-state index in [0.29, 0.717) is 5.56 Å². The van der Waals surface area contributed by atoms with E-state index in [0.717, 1.165) is 0 Å². The molecule has 1 atom stereocenters. The molecule has 0 saturated heterocycles. The molecule has 0 aliphatic heterocycles. The van der Waals surface area contributed by atoms with E-state index in [4.69, 9.17) is 4.74 Å². The molecule has 0 amide bonds. The van der Waals surface area contributed by atoms with Gasteiger partial charge in [-0.2, -0.15) is 0 Å². The molecule has 5 nitrogen and oxygen atoms in total. The van der Waals surface area contributed by atoms with Crippen molar-refractivity contribution in [2.45, 2.75) is 10.6 Å². The van der Waals surface area contributed by atoms with Crippen LogP contribution in [0.4, 0.5) is 0 Å². The van der Waals surface area contributed by atoms with Crippen molar-refractivity contribution in [3.8, 4) is 0 Å². The zero-order valence-corrected chi connectivity index (χ0v) is 13.9. The Morgan fingerprint density at radius 3 is 2.61 bits per heavy atom. The minimum absolute atomic E-state index is 0. The predicted molar refractivity (Wildman–Crippen MR) is 63.0 cm³/mol. The van der Waals surface area contributed by atoms with Crippen molar-refractivity contribution in [1.29, 1.82) is 0 Å².